The maximum absolute atomic E-state index is 12.3. The van der Waals surface area contributed by atoms with Crippen molar-refractivity contribution in [3.05, 3.63) is 35.5 Å². The van der Waals surface area contributed by atoms with Gasteiger partial charge in [0.25, 0.3) is 0 Å². The second kappa shape index (κ2) is 10.6. The van der Waals surface area contributed by atoms with Crippen LogP contribution >= 0.6 is 0 Å². The van der Waals surface area contributed by atoms with E-state index in [0.29, 0.717) is 25.2 Å². The van der Waals surface area contributed by atoms with E-state index in [2.05, 4.69) is 19.6 Å². The molecule has 3 heteroatoms. The zero-order chi connectivity index (χ0) is 18.1. The number of carbonyl (C=O) groups is 1. The highest BCUT2D eigenvalue weighted by atomic mass is 16.5. The first-order chi connectivity index (χ1) is 11.3. The Morgan fingerprint density at radius 1 is 1.33 bits per heavy atom. The summed E-state index contributed by atoms with van der Waals surface area (Å²) in [6.07, 6.45) is 8.42. The van der Waals surface area contributed by atoms with Crippen molar-refractivity contribution < 1.29 is 14.6 Å². The van der Waals surface area contributed by atoms with Crippen molar-refractivity contribution in [3.63, 3.8) is 0 Å². The number of aliphatic hydroxyl groups is 1. The van der Waals surface area contributed by atoms with Crippen LogP contribution in [0.3, 0.4) is 0 Å². The van der Waals surface area contributed by atoms with Crippen molar-refractivity contribution in [2.75, 3.05) is 13.7 Å². The predicted molar refractivity (Wildman–Crippen MR) is 99.9 cm³/mol. The summed E-state index contributed by atoms with van der Waals surface area (Å²) in [6, 6.07) is 0. The minimum absolute atomic E-state index is 0.0396. The highest BCUT2D eigenvalue weighted by Crippen LogP contribution is 2.25. The van der Waals surface area contributed by atoms with Crippen LogP contribution in [0.15, 0.2) is 35.5 Å². The van der Waals surface area contributed by atoms with E-state index in [9.17, 15) is 9.90 Å². The monoisotopic (exact) mass is 334 g/mol. The van der Waals surface area contributed by atoms with E-state index in [-0.39, 0.29) is 11.8 Å². The Labute approximate surface area is 147 Å². The summed E-state index contributed by atoms with van der Waals surface area (Å²) in [5, 5.41) is 10.7. The van der Waals surface area contributed by atoms with Crippen LogP contribution in [0.25, 0.3) is 0 Å². The van der Waals surface area contributed by atoms with E-state index in [0.717, 1.165) is 36.8 Å². The summed E-state index contributed by atoms with van der Waals surface area (Å²) < 4.78 is 5.25. The zero-order valence-electron chi connectivity index (χ0n) is 15.8. The van der Waals surface area contributed by atoms with Gasteiger partial charge in [-0.3, -0.25) is 4.79 Å². The van der Waals surface area contributed by atoms with Crippen LogP contribution in [0.4, 0.5) is 0 Å². The van der Waals surface area contributed by atoms with E-state index in [1.807, 2.05) is 19.9 Å². The van der Waals surface area contributed by atoms with Crippen molar-refractivity contribution in [1.29, 1.82) is 0 Å². The molecule has 0 aromatic carbocycles. The first-order valence-corrected chi connectivity index (χ1v) is 9.05. The lowest BCUT2D eigenvalue weighted by Crippen LogP contribution is -2.21. The molecule has 0 spiro atoms. The van der Waals surface area contributed by atoms with Crippen molar-refractivity contribution >= 4 is 5.78 Å². The summed E-state index contributed by atoms with van der Waals surface area (Å²) in [5.41, 5.74) is 3.33. The van der Waals surface area contributed by atoms with Crippen LogP contribution in [-0.4, -0.2) is 30.7 Å². The molecule has 0 fully saturated rings. The van der Waals surface area contributed by atoms with Gasteiger partial charge in [0.05, 0.1) is 12.7 Å². The number of ether oxygens (including phenoxy) is 1. The molecule has 3 atom stereocenters. The molecular weight excluding hydrogens is 300 g/mol. The van der Waals surface area contributed by atoms with E-state index >= 15 is 0 Å². The maximum atomic E-state index is 12.3. The van der Waals surface area contributed by atoms with E-state index in [1.165, 1.54) is 5.57 Å². The van der Waals surface area contributed by atoms with Gasteiger partial charge in [0.15, 0.2) is 0 Å². The van der Waals surface area contributed by atoms with Crippen LogP contribution in [-0.2, 0) is 9.53 Å². The molecule has 1 unspecified atom stereocenters. The third kappa shape index (κ3) is 7.14. The number of hydrogen-bond donors (Lipinski definition) is 1. The standard InChI is InChI=1S/C21H34O3/c1-15(2)19-11-9-16(3)7-6-8-17(4)20(22)12-10-18(14-24-5)13-21(19)23/h7,13,17,19,21,23H,1,6,8-12,14H2,2-5H3/b16-7+,18-13+/t17?,19-,21+/m1/s1. The Balaban J connectivity index is 3.01. The van der Waals surface area contributed by atoms with Gasteiger partial charge < -0.3 is 9.84 Å². The molecule has 1 rings (SSSR count). The van der Waals surface area contributed by atoms with Gasteiger partial charge >= 0.3 is 0 Å². The molecule has 0 saturated carbocycles. The minimum Gasteiger partial charge on any atom is -0.388 e. The molecule has 0 saturated heterocycles. The Morgan fingerprint density at radius 3 is 2.67 bits per heavy atom. The number of ketones is 1. The molecule has 0 bridgehead atoms. The number of methoxy groups -OCH3 is 1. The van der Waals surface area contributed by atoms with Crippen LogP contribution in [0, 0.1) is 11.8 Å². The second-order valence-electron chi connectivity index (χ2n) is 7.24. The first kappa shape index (κ1) is 20.9. The minimum atomic E-state index is -0.573. The van der Waals surface area contributed by atoms with Gasteiger partial charge in [-0.1, -0.05) is 36.8 Å². The third-order valence-corrected chi connectivity index (χ3v) is 4.97. The molecule has 3 nitrogen and oxygen atoms in total. The maximum Gasteiger partial charge on any atom is 0.136 e. The fourth-order valence-corrected chi connectivity index (χ4v) is 3.21. The molecule has 136 valence electrons. The van der Waals surface area contributed by atoms with Gasteiger partial charge in [-0.15, -0.1) is 0 Å². The molecule has 0 aliphatic heterocycles. The van der Waals surface area contributed by atoms with Crippen molar-refractivity contribution in [2.45, 2.75) is 65.4 Å². The molecule has 1 aliphatic carbocycles. The highest BCUT2D eigenvalue weighted by Gasteiger charge is 2.20. The number of Topliss-reactive ketones (excluding diaryl/α,β-unsaturated/α-hetero) is 1. The van der Waals surface area contributed by atoms with Gasteiger partial charge in [0.2, 0.25) is 0 Å². The van der Waals surface area contributed by atoms with Gasteiger partial charge in [0, 0.05) is 25.4 Å². The Bertz CT molecular complexity index is 487. The van der Waals surface area contributed by atoms with Crippen LogP contribution in [0.5, 0.6) is 0 Å². The molecular formula is C21H34O3. The molecule has 0 amide bonds. The average molecular weight is 334 g/mol. The number of carbonyl (C=O) groups excluding carboxylic acids is 1. The molecule has 0 aromatic heterocycles. The van der Waals surface area contributed by atoms with Crippen molar-refractivity contribution in [1.82, 2.24) is 0 Å². The lowest BCUT2D eigenvalue weighted by molar-refractivity contribution is -0.122. The highest BCUT2D eigenvalue weighted by molar-refractivity contribution is 5.80. The number of rotatable bonds is 3. The Morgan fingerprint density at radius 2 is 2.04 bits per heavy atom. The zero-order valence-corrected chi connectivity index (χ0v) is 15.8. The number of hydrogen-bond acceptors (Lipinski definition) is 3. The second-order valence-corrected chi connectivity index (χ2v) is 7.24. The third-order valence-electron chi connectivity index (χ3n) is 4.97. The van der Waals surface area contributed by atoms with E-state index in [4.69, 9.17) is 4.74 Å². The summed E-state index contributed by atoms with van der Waals surface area (Å²) >= 11 is 0. The van der Waals surface area contributed by atoms with Gasteiger partial charge in [-0.25, -0.2) is 0 Å². The molecule has 0 radical (unpaired) electrons. The topological polar surface area (TPSA) is 46.5 Å². The number of aliphatic hydroxyl groups excluding tert-OH is 1. The van der Waals surface area contributed by atoms with Crippen molar-refractivity contribution in [2.24, 2.45) is 11.8 Å². The van der Waals surface area contributed by atoms with Crippen LogP contribution in [0.1, 0.15) is 59.3 Å². The summed E-state index contributed by atoms with van der Waals surface area (Å²) in [5.74, 6) is 0.428. The van der Waals surface area contributed by atoms with Gasteiger partial charge in [-0.2, -0.15) is 0 Å². The van der Waals surface area contributed by atoms with Gasteiger partial charge in [0.1, 0.15) is 5.78 Å². The largest absolute Gasteiger partial charge is 0.388 e. The molecule has 0 aromatic rings. The SMILES string of the molecule is C=C(C)[C@H]1CC/C(C)=C/CCC(C)C(=O)CC/C(COC)=C\[C@@H]1O. The summed E-state index contributed by atoms with van der Waals surface area (Å²) in [4.78, 5) is 12.3. The van der Waals surface area contributed by atoms with Gasteiger partial charge in [-0.05, 0) is 51.5 Å². The number of allylic oxidation sites excluding steroid dienone is 2. The molecule has 1 N–H and O–H groups in total. The first-order valence-electron chi connectivity index (χ1n) is 9.05. The normalized spacial score (nSPS) is 32.2. The quantitative estimate of drug-likeness (QED) is 0.766. The molecule has 1 aliphatic rings. The average Bonchev–Trinajstić information content (AvgIpc) is 2.51. The Hall–Kier alpha value is -1.19. The lowest BCUT2D eigenvalue weighted by atomic mass is 9.86. The Kier molecular flexibility index (Phi) is 9.24. The summed E-state index contributed by atoms with van der Waals surface area (Å²) in [7, 11) is 1.65. The van der Waals surface area contributed by atoms with Crippen LogP contribution in [0.2, 0.25) is 0 Å². The van der Waals surface area contributed by atoms with Crippen LogP contribution < -0.4 is 0 Å². The molecule has 0 heterocycles. The van der Waals surface area contributed by atoms with E-state index < -0.39 is 6.10 Å². The fourth-order valence-electron chi connectivity index (χ4n) is 3.21. The van der Waals surface area contributed by atoms with E-state index in [1.54, 1.807) is 7.11 Å². The van der Waals surface area contributed by atoms with Crippen molar-refractivity contribution in [3.8, 4) is 0 Å². The predicted octanol–water partition coefficient (Wildman–Crippen LogP) is 4.62. The summed E-state index contributed by atoms with van der Waals surface area (Å²) in [6.45, 7) is 10.6. The fraction of sp³-hybridized carbons (Fsp3) is 0.667. The lowest BCUT2D eigenvalue weighted by Gasteiger charge is -2.23. The smallest absolute Gasteiger partial charge is 0.136 e. The molecule has 24 heavy (non-hydrogen) atoms.